The van der Waals surface area contributed by atoms with E-state index < -0.39 is 5.92 Å². The minimum atomic E-state index is -0.525. The van der Waals surface area contributed by atoms with E-state index in [9.17, 15) is 9.59 Å². The van der Waals surface area contributed by atoms with E-state index in [1.807, 2.05) is 0 Å². The van der Waals surface area contributed by atoms with E-state index in [0.717, 1.165) is 6.42 Å². The summed E-state index contributed by atoms with van der Waals surface area (Å²) in [7, 11) is 0. The van der Waals surface area contributed by atoms with Gasteiger partial charge in [0.15, 0.2) is 5.78 Å². The molecule has 5 heteroatoms. The van der Waals surface area contributed by atoms with E-state index in [-0.39, 0.29) is 32.0 Å². The first-order valence-corrected chi connectivity index (χ1v) is 5.01. The Morgan fingerprint density at radius 2 is 2.38 bits per heavy atom. The number of nitrogens with one attached hydrogen (secondary N) is 1. The minimum Gasteiger partial charge on any atom is -1.00 e. The zero-order chi connectivity index (χ0) is 10.7. The predicted molar refractivity (Wildman–Crippen MR) is 55.4 cm³/mol. The molecule has 1 aromatic rings. The Bertz CT molecular complexity index is 386. The summed E-state index contributed by atoms with van der Waals surface area (Å²) >= 11 is 0. The monoisotopic (exact) mass is 212 g/mol. The fourth-order valence-corrected chi connectivity index (χ4v) is 1.73. The van der Waals surface area contributed by atoms with Crippen molar-refractivity contribution in [3.8, 4) is 0 Å². The Hall–Kier alpha value is -1.11. The quantitative estimate of drug-likeness (QED) is 0.347. The number of aromatic nitrogens is 1. The van der Waals surface area contributed by atoms with E-state index in [1.54, 1.807) is 18.3 Å². The van der Waals surface area contributed by atoms with Gasteiger partial charge in [0.25, 0.3) is 0 Å². The van der Waals surface area contributed by atoms with Gasteiger partial charge >= 0.3 is 18.9 Å². The molecule has 0 bridgehead atoms. The van der Waals surface area contributed by atoms with Gasteiger partial charge in [0.1, 0.15) is 5.92 Å². The van der Waals surface area contributed by atoms with Crippen LogP contribution in [0.3, 0.4) is 0 Å². The number of piperidine rings is 1. The van der Waals surface area contributed by atoms with Crippen LogP contribution in [0.2, 0.25) is 0 Å². The van der Waals surface area contributed by atoms with Crippen LogP contribution in [0.4, 0.5) is 0 Å². The van der Waals surface area contributed by atoms with Crippen molar-refractivity contribution in [1.82, 2.24) is 10.3 Å². The molecular weight excluding hydrogens is 199 g/mol. The third-order valence-electron chi connectivity index (χ3n) is 2.55. The van der Waals surface area contributed by atoms with Gasteiger partial charge in [-0.3, -0.25) is 14.6 Å². The summed E-state index contributed by atoms with van der Waals surface area (Å²) in [6.45, 7) is 0.676. The topological polar surface area (TPSA) is 59.1 Å². The molecule has 16 heavy (non-hydrogen) atoms. The summed E-state index contributed by atoms with van der Waals surface area (Å²) < 4.78 is 0. The molecule has 1 N–H and O–H groups in total. The fourth-order valence-electron chi connectivity index (χ4n) is 1.73. The van der Waals surface area contributed by atoms with Gasteiger partial charge in [-0.25, -0.2) is 0 Å². The SMILES string of the molecule is O=C1NCCCC1C(=O)c1cccnc1.[H-].[Li+]. The molecule has 2 rings (SSSR count). The van der Waals surface area contributed by atoms with Crippen molar-refractivity contribution < 1.29 is 29.9 Å². The summed E-state index contributed by atoms with van der Waals surface area (Å²) in [4.78, 5) is 27.2. The molecule has 0 spiro atoms. The smallest absolute Gasteiger partial charge is 1.00 e. The van der Waals surface area contributed by atoms with Gasteiger partial charge in [0.2, 0.25) is 5.91 Å². The Labute approximate surface area is 107 Å². The van der Waals surface area contributed by atoms with Crippen LogP contribution in [-0.4, -0.2) is 23.2 Å². The molecule has 1 amide bonds. The summed E-state index contributed by atoms with van der Waals surface area (Å²) in [5.74, 6) is -0.807. The molecule has 0 saturated carbocycles. The fraction of sp³-hybridized carbons (Fsp3) is 0.364. The summed E-state index contributed by atoms with van der Waals surface area (Å²) in [5, 5.41) is 2.70. The molecule has 1 atom stereocenters. The first-order chi connectivity index (χ1) is 7.29. The van der Waals surface area contributed by atoms with E-state index in [1.165, 1.54) is 6.20 Å². The average Bonchev–Trinajstić information content (AvgIpc) is 2.30. The number of hydrogen-bond donors (Lipinski definition) is 1. The predicted octanol–water partition coefficient (Wildman–Crippen LogP) is -2.09. The van der Waals surface area contributed by atoms with Crippen LogP contribution in [0.5, 0.6) is 0 Å². The number of amides is 1. The third-order valence-corrected chi connectivity index (χ3v) is 2.55. The average molecular weight is 212 g/mol. The maximum atomic E-state index is 11.9. The Morgan fingerprint density at radius 1 is 1.56 bits per heavy atom. The van der Waals surface area contributed by atoms with Crippen molar-refractivity contribution in [2.45, 2.75) is 12.8 Å². The van der Waals surface area contributed by atoms with Gasteiger partial charge < -0.3 is 6.74 Å². The van der Waals surface area contributed by atoms with Crippen molar-refractivity contribution >= 4 is 11.7 Å². The zero-order valence-corrected chi connectivity index (χ0v) is 9.27. The molecule has 1 aliphatic rings. The maximum Gasteiger partial charge on any atom is 1.00 e. The standard InChI is InChI=1S/C11H12N2O2.Li.H/c14-10(8-3-1-5-12-7-8)9-4-2-6-13-11(9)15;;/h1,3,5,7,9H,2,4,6H2,(H,13,15);;/q;+1;-1. The second-order valence-corrected chi connectivity index (χ2v) is 3.59. The van der Waals surface area contributed by atoms with Crippen molar-refractivity contribution in [2.75, 3.05) is 6.54 Å². The molecule has 1 fully saturated rings. The van der Waals surface area contributed by atoms with Gasteiger partial charge in [-0.05, 0) is 25.0 Å². The first-order valence-electron chi connectivity index (χ1n) is 5.01. The van der Waals surface area contributed by atoms with Gasteiger partial charge in [-0.1, -0.05) is 0 Å². The van der Waals surface area contributed by atoms with Gasteiger partial charge in [0, 0.05) is 24.5 Å². The molecule has 80 valence electrons. The summed E-state index contributed by atoms with van der Waals surface area (Å²) in [5.41, 5.74) is 0.513. The Morgan fingerprint density at radius 3 is 3.00 bits per heavy atom. The van der Waals surface area contributed by atoms with E-state index in [4.69, 9.17) is 0 Å². The minimum absolute atomic E-state index is 0. The van der Waals surface area contributed by atoms with Gasteiger partial charge in [-0.15, -0.1) is 0 Å². The molecule has 0 radical (unpaired) electrons. The summed E-state index contributed by atoms with van der Waals surface area (Å²) in [6.07, 6.45) is 4.61. The number of Topliss-reactive ketones (excluding diaryl/α,β-unsaturated/α-hetero) is 1. The van der Waals surface area contributed by atoms with Crippen LogP contribution in [0.25, 0.3) is 0 Å². The Kier molecular flexibility index (Phi) is 4.72. The maximum absolute atomic E-state index is 11.9. The molecular formula is C11H13LiN2O2. The van der Waals surface area contributed by atoms with Crippen LogP contribution in [0, 0.1) is 5.92 Å². The normalized spacial score (nSPS) is 19.5. The molecule has 2 heterocycles. The van der Waals surface area contributed by atoms with Crippen LogP contribution < -0.4 is 24.2 Å². The molecule has 1 aliphatic heterocycles. The molecule has 1 unspecified atom stereocenters. The second-order valence-electron chi connectivity index (χ2n) is 3.59. The number of nitrogens with zero attached hydrogens (tertiary/aromatic N) is 1. The Balaban J connectivity index is 0.00000128. The molecule has 4 nitrogen and oxygen atoms in total. The summed E-state index contributed by atoms with van der Waals surface area (Å²) in [6, 6.07) is 3.39. The van der Waals surface area contributed by atoms with Crippen molar-refractivity contribution in [2.24, 2.45) is 5.92 Å². The number of pyridine rings is 1. The van der Waals surface area contributed by atoms with E-state index in [0.29, 0.717) is 18.5 Å². The third kappa shape index (κ3) is 2.72. The van der Waals surface area contributed by atoms with Crippen LogP contribution in [0.15, 0.2) is 24.5 Å². The van der Waals surface area contributed by atoms with Crippen molar-refractivity contribution in [3.63, 3.8) is 0 Å². The molecule has 0 aromatic carbocycles. The first kappa shape index (κ1) is 13.0. The van der Waals surface area contributed by atoms with E-state index in [2.05, 4.69) is 10.3 Å². The number of carbonyl (C=O) groups is 2. The molecule has 1 saturated heterocycles. The van der Waals surface area contributed by atoms with Crippen molar-refractivity contribution in [3.05, 3.63) is 30.1 Å². The number of hydrogen-bond acceptors (Lipinski definition) is 3. The van der Waals surface area contributed by atoms with Crippen molar-refractivity contribution in [1.29, 1.82) is 0 Å². The largest absolute Gasteiger partial charge is 1.00 e. The van der Waals surface area contributed by atoms with E-state index >= 15 is 0 Å². The molecule has 1 aromatic heterocycles. The number of carbonyl (C=O) groups excluding carboxylic acids is 2. The number of ketones is 1. The number of rotatable bonds is 2. The zero-order valence-electron chi connectivity index (χ0n) is 10.3. The second kappa shape index (κ2) is 5.83. The van der Waals surface area contributed by atoms with Crippen LogP contribution in [0.1, 0.15) is 24.6 Å². The molecule has 0 aliphatic carbocycles. The van der Waals surface area contributed by atoms with Crippen LogP contribution >= 0.6 is 0 Å². The van der Waals surface area contributed by atoms with Gasteiger partial charge in [-0.2, -0.15) is 0 Å². The van der Waals surface area contributed by atoms with Gasteiger partial charge in [0.05, 0.1) is 0 Å². The van der Waals surface area contributed by atoms with Crippen LogP contribution in [-0.2, 0) is 4.79 Å².